The van der Waals surface area contributed by atoms with Crippen LogP contribution in [0.3, 0.4) is 0 Å². The summed E-state index contributed by atoms with van der Waals surface area (Å²) in [7, 11) is 4.05. The Balaban J connectivity index is 1.63. The first-order valence-electron chi connectivity index (χ1n) is 10.0. The van der Waals surface area contributed by atoms with Crippen LogP contribution in [0.25, 0.3) is 0 Å². The lowest BCUT2D eigenvalue weighted by atomic mass is 10.0. The van der Waals surface area contributed by atoms with Gasteiger partial charge in [-0.2, -0.15) is 0 Å². The fraction of sp³-hybridized carbons (Fsp3) is 0.333. The fourth-order valence-corrected chi connectivity index (χ4v) is 3.51. The number of likely N-dealkylation sites (N-methyl/N-ethyl adjacent to an activating group) is 1. The molecule has 0 heterocycles. The molecule has 0 aliphatic carbocycles. The molecule has 0 bridgehead atoms. The molecule has 0 fully saturated rings. The minimum absolute atomic E-state index is 0.0511. The maximum Gasteiger partial charge on any atom is 0.253 e. The summed E-state index contributed by atoms with van der Waals surface area (Å²) in [6.07, 6.45) is 1.65. The third-order valence-corrected chi connectivity index (χ3v) is 5.24. The van der Waals surface area contributed by atoms with Crippen LogP contribution in [0.1, 0.15) is 18.1 Å². The molecule has 3 aromatic carbocycles. The zero-order chi connectivity index (χ0) is 20.8. The average molecular weight is 392 g/mol. The topological polar surface area (TPSA) is 61.4 Å². The van der Waals surface area contributed by atoms with Crippen LogP contribution in [-0.2, 0) is 12.8 Å². The second kappa shape index (κ2) is 9.52. The van der Waals surface area contributed by atoms with E-state index in [0.717, 1.165) is 12.8 Å². The summed E-state index contributed by atoms with van der Waals surface area (Å²) in [4.78, 5) is 26.4. The van der Waals surface area contributed by atoms with Gasteiger partial charge in [0.15, 0.2) is 0 Å². The van der Waals surface area contributed by atoms with E-state index in [-0.39, 0.29) is 12.1 Å². The van der Waals surface area contributed by atoms with Gasteiger partial charge in [-0.1, -0.05) is 60.7 Å². The Morgan fingerprint density at radius 2 is 1.31 bits per heavy atom. The highest BCUT2D eigenvalue weighted by Crippen LogP contribution is 2.18. The summed E-state index contributed by atoms with van der Waals surface area (Å²) in [5.41, 5.74) is 2.39. The second-order valence-corrected chi connectivity index (χ2v) is 7.83. The number of nitrogens with one attached hydrogen (secondary N) is 2. The maximum absolute atomic E-state index is 12.1. The number of benzene rings is 2. The normalized spacial score (nSPS) is 13.4. The molecule has 3 rings (SSSR count). The van der Waals surface area contributed by atoms with E-state index >= 15 is 0 Å². The van der Waals surface area contributed by atoms with Crippen molar-refractivity contribution in [3.05, 3.63) is 92.2 Å². The van der Waals surface area contributed by atoms with Crippen LogP contribution in [0.4, 0.5) is 11.4 Å². The Kier molecular flexibility index (Phi) is 6.83. The lowest BCUT2D eigenvalue weighted by Crippen LogP contribution is -2.43. The quantitative estimate of drug-likeness (QED) is 0.521. The van der Waals surface area contributed by atoms with Gasteiger partial charge in [0, 0.05) is 18.6 Å². The maximum atomic E-state index is 12.1. The molecule has 29 heavy (non-hydrogen) atoms. The van der Waals surface area contributed by atoms with Crippen LogP contribution in [0.15, 0.2) is 70.3 Å². The monoisotopic (exact) mass is 391 g/mol. The Morgan fingerprint density at radius 3 is 1.86 bits per heavy atom. The van der Waals surface area contributed by atoms with Gasteiger partial charge in [0.1, 0.15) is 11.4 Å². The summed E-state index contributed by atoms with van der Waals surface area (Å²) in [5, 5.41) is 6.46. The van der Waals surface area contributed by atoms with Crippen molar-refractivity contribution in [2.45, 2.75) is 31.8 Å². The zero-order valence-electron chi connectivity index (χ0n) is 17.3. The molecule has 3 aromatic rings. The lowest BCUT2D eigenvalue weighted by Gasteiger charge is -2.26. The number of hydrogen-bond acceptors (Lipinski definition) is 5. The van der Waals surface area contributed by atoms with Gasteiger partial charge in [-0.3, -0.25) is 9.59 Å². The van der Waals surface area contributed by atoms with Crippen LogP contribution < -0.4 is 21.5 Å². The van der Waals surface area contributed by atoms with Gasteiger partial charge >= 0.3 is 0 Å². The van der Waals surface area contributed by atoms with E-state index < -0.39 is 10.9 Å². The molecule has 0 spiro atoms. The predicted molar refractivity (Wildman–Crippen MR) is 121 cm³/mol. The molecular formula is C24H29N3O2. The number of hydrogen-bond donors (Lipinski definition) is 2. The lowest BCUT2D eigenvalue weighted by molar-refractivity contribution is 0.303. The molecule has 0 aliphatic rings. The van der Waals surface area contributed by atoms with Gasteiger partial charge in [-0.05, 0) is 45.0 Å². The van der Waals surface area contributed by atoms with Crippen molar-refractivity contribution in [3.8, 4) is 0 Å². The Hall–Kier alpha value is -2.92. The standard InChI is InChI=1S/C24H29N3O2/c1-17(14-18-10-6-4-7-11-18)26-22-21(23(28)24(22)29)25-16-20(27(2)3)15-19-12-8-5-9-13-19/h4-13,17,20,25-26H,14-16H2,1-3H3/t17-,20+/m1/s1. The Labute approximate surface area is 172 Å². The Morgan fingerprint density at radius 1 is 0.793 bits per heavy atom. The van der Waals surface area contributed by atoms with Crippen LogP contribution in [0.5, 0.6) is 0 Å². The van der Waals surface area contributed by atoms with E-state index in [9.17, 15) is 9.59 Å². The molecule has 0 radical (unpaired) electrons. The van der Waals surface area contributed by atoms with E-state index in [4.69, 9.17) is 0 Å². The van der Waals surface area contributed by atoms with Crippen LogP contribution >= 0.6 is 0 Å². The fourth-order valence-electron chi connectivity index (χ4n) is 3.51. The number of rotatable bonds is 10. The van der Waals surface area contributed by atoms with Crippen molar-refractivity contribution >= 4 is 11.4 Å². The molecular weight excluding hydrogens is 362 g/mol. The van der Waals surface area contributed by atoms with E-state index in [1.165, 1.54) is 11.1 Å². The SMILES string of the molecule is C[C@H](Cc1ccccc1)Nc1c(NC[C@H](Cc2ccccc2)N(C)C)c(=O)c1=O. The minimum Gasteiger partial charge on any atom is -0.378 e. The molecule has 0 amide bonds. The third kappa shape index (κ3) is 5.33. The highest BCUT2D eigenvalue weighted by Gasteiger charge is 2.23. The first-order valence-corrected chi connectivity index (χ1v) is 10.0. The van der Waals surface area contributed by atoms with Gasteiger partial charge in [-0.15, -0.1) is 0 Å². The van der Waals surface area contributed by atoms with Crippen molar-refractivity contribution in [2.24, 2.45) is 0 Å². The van der Waals surface area contributed by atoms with Crippen molar-refractivity contribution < 1.29 is 0 Å². The predicted octanol–water partition coefficient (Wildman–Crippen LogP) is 2.91. The molecule has 0 aliphatic heterocycles. The smallest absolute Gasteiger partial charge is 0.253 e. The van der Waals surface area contributed by atoms with Crippen LogP contribution in [0.2, 0.25) is 0 Å². The minimum atomic E-state index is -0.434. The van der Waals surface area contributed by atoms with Crippen LogP contribution in [-0.4, -0.2) is 37.6 Å². The molecule has 0 saturated heterocycles. The van der Waals surface area contributed by atoms with Gasteiger partial charge in [0.25, 0.3) is 10.9 Å². The highest BCUT2D eigenvalue weighted by molar-refractivity contribution is 5.74. The first-order chi connectivity index (χ1) is 14.0. The second-order valence-electron chi connectivity index (χ2n) is 7.83. The number of nitrogens with zero attached hydrogens (tertiary/aromatic N) is 1. The van der Waals surface area contributed by atoms with Gasteiger partial charge in [0.05, 0.1) is 0 Å². The summed E-state index contributed by atoms with van der Waals surface area (Å²) in [6, 6.07) is 20.6. The Bertz CT molecular complexity index is 977. The summed E-state index contributed by atoms with van der Waals surface area (Å²) in [6.45, 7) is 2.61. The van der Waals surface area contributed by atoms with Gasteiger partial charge in [0.2, 0.25) is 0 Å². The van der Waals surface area contributed by atoms with E-state index in [1.807, 2.05) is 57.4 Å². The highest BCUT2D eigenvalue weighted by atomic mass is 16.2. The molecule has 2 N–H and O–H groups in total. The van der Waals surface area contributed by atoms with Crippen molar-refractivity contribution in [3.63, 3.8) is 0 Å². The summed E-state index contributed by atoms with van der Waals surface area (Å²) in [5.74, 6) is 0. The molecule has 152 valence electrons. The molecule has 0 saturated carbocycles. The molecule has 0 unspecified atom stereocenters. The summed E-state index contributed by atoms with van der Waals surface area (Å²) >= 11 is 0. The number of anilines is 2. The van der Waals surface area contributed by atoms with Crippen molar-refractivity contribution in [1.82, 2.24) is 4.90 Å². The largest absolute Gasteiger partial charge is 0.378 e. The third-order valence-electron chi connectivity index (χ3n) is 5.24. The van der Waals surface area contributed by atoms with E-state index in [2.05, 4.69) is 39.8 Å². The first kappa shape index (κ1) is 20.8. The average Bonchev–Trinajstić information content (AvgIpc) is 2.73. The molecule has 5 nitrogen and oxygen atoms in total. The summed E-state index contributed by atoms with van der Waals surface area (Å²) < 4.78 is 0. The molecule has 5 heteroatoms. The molecule has 0 aromatic heterocycles. The zero-order valence-corrected chi connectivity index (χ0v) is 17.3. The van der Waals surface area contributed by atoms with Gasteiger partial charge in [-0.25, -0.2) is 0 Å². The molecule has 2 atom stereocenters. The van der Waals surface area contributed by atoms with Gasteiger partial charge < -0.3 is 15.5 Å². The van der Waals surface area contributed by atoms with Crippen molar-refractivity contribution in [2.75, 3.05) is 31.3 Å². The van der Waals surface area contributed by atoms with E-state index in [0.29, 0.717) is 17.9 Å². The van der Waals surface area contributed by atoms with E-state index in [1.54, 1.807) is 0 Å². The van der Waals surface area contributed by atoms with Crippen LogP contribution in [0, 0.1) is 0 Å². The van der Waals surface area contributed by atoms with Crippen molar-refractivity contribution in [1.29, 1.82) is 0 Å².